The summed E-state index contributed by atoms with van der Waals surface area (Å²) in [7, 11) is -3.95. The topological polar surface area (TPSA) is 46.2 Å². The molecule has 4 atom stereocenters. The standard InChI is InChI=1S/C16H20F3NO2S/c1-10(15-8-11-5-6-12(15)7-11)20-23(21,22)14-4-2-3-13(9-14)16(17,18)19/h2-4,9-12,15,20H,5-8H2,1H3/t10-,11-,12-,15+/m0/s1. The van der Waals surface area contributed by atoms with Crippen molar-refractivity contribution in [3.05, 3.63) is 29.8 Å². The van der Waals surface area contributed by atoms with Gasteiger partial charge in [0.05, 0.1) is 10.5 Å². The molecule has 0 saturated heterocycles. The maximum absolute atomic E-state index is 12.8. The molecule has 1 aromatic rings. The van der Waals surface area contributed by atoms with Gasteiger partial charge in [-0.05, 0) is 62.1 Å². The number of fused-ring (bicyclic) bond motifs is 2. The van der Waals surface area contributed by atoms with E-state index in [9.17, 15) is 21.6 Å². The van der Waals surface area contributed by atoms with Crippen molar-refractivity contribution in [3.8, 4) is 0 Å². The van der Waals surface area contributed by atoms with Gasteiger partial charge in [0.2, 0.25) is 10.0 Å². The molecule has 3 nitrogen and oxygen atoms in total. The number of sulfonamides is 1. The summed E-state index contributed by atoms with van der Waals surface area (Å²) in [6, 6.07) is 3.63. The normalized spacial score (nSPS) is 29.0. The fourth-order valence-corrected chi connectivity index (χ4v) is 5.49. The molecule has 0 spiro atoms. The van der Waals surface area contributed by atoms with Gasteiger partial charge in [-0.2, -0.15) is 13.2 Å². The zero-order chi connectivity index (χ0) is 16.8. The fraction of sp³-hybridized carbons (Fsp3) is 0.625. The van der Waals surface area contributed by atoms with E-state index in [0.717, 1.165) is 31.4 Å². The minimum absolute atomic E-state index is 0.259. The van der Waals surface area contributed by atoms with Crippen LogP contribution in [0.15, 0.2) is 29.2 Å². The second-order valence-corrected chi connectivity index (χ2v) is 8.49. The van der Waals surface area contributed by atoms with Crippen molar-refractivity contribution < 1.29 is 21.6 Å². The highest BCUT2D eigenvalue weighted by Crippen LogP contribution is 2.49. The van der Waals surface area contributed by atoms with E-state index in [1.807, 2.05) is 6.92 Å². The van der Waals surface area contributed by atoms with E-state index < -0.39 is 21.8 Å². The van der Waals surface area contributed by atoms with Gasteiger partial charge in [0.25, 0.3) is 0 Å². The number of hydrogen-bond acceptors (Lipinski definition) is 2. The summed E-state index contributed by atoms with van der Waals surface area (Å²) >= 11 is 0. The molecule has 2 fully saturated rings. The highest BCUT2D eigenvalue weighted by Gasteiger charge is 2.42. The summed E-state index contributed by atoms with van der Waals surface area (Å²) in [5.41, 5.74) is -0.951. The molecule has 23 heavy (non-hydrogen) atoms. The molecule has 0 aromatic heterocycles. The number of alkyl halides is 3. The van der Waals surface area contributed by atoms with Crippen LogP contribution in [0.5, 0.6) is 0 Å². The number of benzene rings is 1. The molecule has 0 heterocycles. The smallest absolute Gasteiger partial charge is 0.208 e. The van der Waals surface area contributed by atoms with E-state index in [-0.39, 0.29) is 16.9 Å². The van der Waals surface area contributed by atoms with Crippen molar-refractivity contribution in [2.24, 2.45) is 17.8 Å². The zero-order valence-corrected chi connectivity index (χ0v) is 13.6. The lowest BCUT2D eigenvalue weighted by atomic mass is 9.84. The first kappa shape index (κ1) is 16.8. The number of nitrogens with one attached hydrogen (secondary N) is 1. The van der Waals surface area contributed by atoms with E-state index in [1.54, 1.807) is 0 Å². The van der Waals surface area contributed by atoms with Crippen LogP contribution in [0.2, 0.25) is 0 Å². The van der Waals surface area contributed by atoms with E-state index in [4.69, 9.17) is 0 Å². The van der Waals surface area contributed by atoms with Crippen LogP contribution in [-0.4, -0.2) is 14.5 Å². The summed E-state index contributed by atoms with van der Waals surface area (Å²) in [5.74, 6) is 1.51. The zero-order valence-electron chi connectivity index (χ0n) is 12.8. The molecule has 3 rings (SSSR count). The SMILES string of the molecule is C[C@H](NS(=O)(=O)c1cccc(C(F)(F)F)c1)[C@H]1C[C@H]2CC[C@H]1C2. The van der Waals surface area contributed by atoms with Crippen LogP contribution < -0.4 is 4.72 Å². The number of halogens is 3. The average molecular weight is 347 g/mol. The van der Waals surface area contributed by atoms with Crippen molar-refractivity contribution in [1.82, 2.24) is 4.72 Å². The molecule has 2 saturated carbocycles. The molecule has 0 radical (unpaired) electrons. The van der Waals surface area contributed by atoms with Gasteiger partial charge >= 0.3 is 6.18 Å². The fourth-order valence-electron chi connectivity index (χ4n) is 4.15. The Kier molecular flexibility index (Phi) is 4.21. The molecule has 0 aliphatic heterocycles. The highest BCUT2D eigenvalue weighted by atomic mass is 32.2. The second kappa shape index (κ2) is 5.77. The molecular weight excluding hydrogens is 327 g/mol. The predicted octanol–water partition coefficient (Wildman–Crippen LogP) is 3.81. The summed E-state index contributed by atoms with van der Waals surface area (Å²) in [5, 5.41) is 0. The Morgan fingerprint density at radius 3 is 2.52 bits per heavy atom. The van der Waals surface area contributed by atoms with Crippen LogP contribution in [0.4, 0.5) is 13.2 Å². The Morgan fingerprint density at radius 1 is 1.22 bits per heavy atom. The predicted molar refractivity (Wildman–Crippen MR) is 80.2 cm³/mol. The van der Waals surface area contributed by atoms with E-state index >= 15 is 0 Å². The van der Waals surface area contributed by atoms with Gasteiger partial charge < -0.3 is 0 Å². The lowest BCUT2D eigenvalue weighted by Crippen LogP contribution is -2.40. The third-order valence-corrected chi connectivity index (χ3v) is 6.80. The maximum Gasteiger partial charge on any atom is 0.416 e. The van der Waals surface area contributed by atoms with Gasteiger partial charge in [0.1, 0.15) is 0 Å². The quantitative estimate of drug-likeness (QED) is 0.900. The molecule has 7 heteroatoms. The van der Waals surface area contributed by atoms with Crippen LogP contribution in [0.1, 0.15) is 38.2 Å². The molecule has 1 aromatic carbocycles. The van der Waals surface area contributed by atoms with Gasteiger partial charge in [-0.3, -0.25) is 0 Å². The summed E-state index contributed by atoms with van der Waals surface area (Å²) < 4.78 is 65.6. The monoisotopic (exact) mass is 347 g/mol. The van der Waals surface area contributed by atoms with Gasteiger partial charge in [-0.25, -0.2) is 13.1 Å². The Labute approximate surface area is 134 Å². The first-order chi connectivity index (χ1) is 10.7. The molecular formula is C16H20F3NO2S. The van der Waals surface area contributed by atoms with Crippen molar-refractivity contribution in [2.45, 2.75) is 49.7 Å². The van der Waals surface area contributed by atoms with Crippen LogP contribution in [0, 0.1) is 17.8 Å². The van der Waals surface area contributed by atoms with Crippen molar-refractivity contribution in [3.63, 3.8) is 0 Å². The lowest BCUT2D eigenvalue weighted by molar-refractivity contribution is -0.137. The minimum Gasteiger partial charge on any atom is -0.208 e. The third-order valence-electron chi connectivity index (χ3n) is 5.25. The highest BCUT2D eigenvalue weighted by molar-refractivity contribution is 7.89. The van der Waals surface area contributed by atoms with Crippen LogP contribution in [0.25, 0.3) is 0 Å². The van der Waals surface area contributed by atoms with Gasteiger partial charge in [0, 0.05) is 6.04 Å². The molecule has 2 aliphatic rings. The van der Waals surface area contributed by atoms with Crippen LogP contribution in [0.3, 0.4) is 0 Å². The maximum atomic E-state index is 12.8. The first-order valence-electron chi connectivity index (χ1n) is 7.86. The summed E-state index contributed by atoms with van der Waals surface area (Å²) in [4.78, 5) is -0.331. The average Bonchev–Trinajstić information content (AvgIpc) is 3.09. The molecule has 2 aliphatic carbocycles. The van der Waals surface area contributed by atoms with E-state index in [1.165, 1.54) is 12.5 Å². The Hall–Kier alpha value is -1.08. The molecule has 0 amide bonds. The first-order valence-corrected chi connectivity index (χ1v) is 9.35. The third kappa shape index (κ3) is 3.40. The van der Waals surface area contributed by atoms with Crippen molar-refractivity contribution in [1.29, 1.82) is 0 Å². The summed E-state index contributed by atoms with van der Waals surface area (Å²) in [6.45, 7) is 1.82. The molecule has 2 bridgehead atoms. The Morgan fingerprint density at radius 2 is 1.96 bits per heavy atom. The van der Waals surface area contributed by atoms with Gasteiger partial charge in [0.15, 0.2) is 0 Å². The summed E-state index contributed by atoms with van der Waals surface area (Å²) in [6.07, 6.45) is -0.0434. The largest absolute Gasteiger partial charge is 0.416 e. The molecule has 0 unspecified atom stereocenters. The van der Waals surface area contributed by atoms with Gasteiger partial charge in [-0.15, -0.1) is 0 Å². The Bertz CT molecular complexity index is 687. The molecule has 128 valence electrons. The number of rotatable bonds is 4. The van der Waals surface area contributed by atoms with E-state index in [0.29, 0.717) is 17.9 Å². The Balaban J connectivity index is 1.76. The van der Waals surface area contributed by atoms with Crippen LogP contribution in [-0.2, 0) is 16.2 Å². The van der Waals surface area contributed by atoms with Crippen molar-refractivity contribution in [2.75, 3.05) is 0 Å². The molecule has 1 N–H and O–H groups in total. The lowest BCUT2D eigenvalue weighted by Gasteiger charge is -2.28. The van der Waals surface area contributed by atoms with Gasteiger partial charge in [-0.1, -0.05) is 12.5 Å². The number of hydrogen-bond donors (Lipinski definition) is 1. The van der Waals surface area contributed by atoms with E-state index in [2.05, 4.69) is 4.72 Å². The van der Waals surface area contributed by atoms with Crippen molar-refractivity contribution >= 4 is 10.0 Å². The second-order valence-electron chi connectivity index (χ2n) is 6.77. The van der Waals surface area contributed by atoms with Crippen LogP contribution >= 0.6 is 0 Å². The minimum atomic E-state index is -4.55.